The minimum Gasteiger partial charge on any atom is -0.465 e. The van der Waals surface area contributed by atoms with Crippen molar-refractivity contribution in [2.24, 2.45) is 0 Å². The zero-order chi connectivity index (χ0) is 12.0. The van der Waals surface area contributed by atoms with Gasteiger partial charge in [0.15, 0.2) is 6.29 Å². The molecular weight excluding hydrogens is 292 g/mol. The molecule has 0 spiro atoms. The molecule has 0 N–H and O–H groups in total. The number of halogens is 1. The van der Waals surface area contributed by atoms with Gasteiger partial charge < -0.3 is 4.74 Å². The van der Waals surface area contributed by atoms with E-state index in [0.717, 1.165) is 15.7 Å². The van der Waals surface area contributed by atoms with E-state index in [4.69, 9.17) is 4.74 Å². The topological polar surface area (TPSA) is 43.4 Å². The van der Waals surface area contributed by atoms with Gasteiger partial charge >= 0.3 is 5.97 Å². The molecule has 0 unspecified atom stereocenters. The minimum atomic E-state index is -0.271. The van der Waals surface area contributed by atoms with Crippen molar-refractivity contribution in [3.05, 3.63) is 28.2 Å². The number of hydrogen-bond donors (Lipinski definition) is 0. The molecule has 0 aliphatic carbocycles. The second-order valence-corrected chi connectivity index (χ2v) is 4.83. The first-order valence-electron chi connectivity index (χ1n) is 4.70. The van der Waals surface area contributed by atoms with E-state index >= 15 is 0 Å². The Labute approximate surface area is 107 Å². The first-order valence-corrected chi connectivity index (χ1v) is 6.48. The Balaban J connectivity index is 2.66. The molecule has 0 saturated heterocycles. The highest BCUT2D eigenvalue weighted by atomic mass is 79.9. The third-order valence-corrected chi connectivity index (χ3v) is 3.31. The number of carbonyl (C=O) groups is 2. The number of carbonyl (C=O) groups excluding carboxylic acids is 2. The summed E-state index contributed by atoms with van der Waals surface area (Å²) in [6, 6.07) is 5.36. The zero-order valence-electron chi connectivity index (χ0n) is 8.73. The van der Waals surface area contributed by atoms with Gasteiger partial charge in [0.1, 0.15) is 0 Å². The molecule has 0 amide bonds. The maximum atomic E-state index is 11.1. The van der Waals surface area contributed by atoms with Crippen LogP contribution in [0.25, 0.3) is 0 Å². The molecule has 5 heteroatoms. The van der Waals surface area contributed by atoms with Gasteiger partial charge in [0.2, 0.25) is 0 Å². The summed E-state index contributed by atoms with van der Waals surface area (Å²) in [7, 11) is 0. The van der Waals surface area contributed by atoms with Crippen molar-refractivity contribution in [1.82, 2.24) is 0 Å². The number of thioether (sulfide) groups is 1. The summed E-state index contributed by atoms with van der Waals surface area (Å²) in [5, 5.41) is 0. The molecule has 0 radical (unpaired) electrons. The fourth-order valence-electron chi connectivity index (χ4n) is 1.08. The van der Waals surface area contributed by atoms with E-state index in [9.17, 15) is 9.59 Å². The predicted octanol–water partition coefficient (Wildman–Crippen LogP) is 2.92. The van der Waals surface area contributed by atoms with Gasteiger partial charge in [-0.25, -0.2) is 0 Å². The fourth-order valence-corrected chi connectivity index (χ4v) is 2.26. The summed E-state index contributed by atoms with van der Waals surface area (Å²) in [4.78, 5) is 22.7. The molecule has 0 aliphatic heterocycles. The average molecular weight is 303 g/mol. The lowest BCUT2D eigenvalue weighted by Crippen LogP contribution is -2.06. The van der Waals surface area contributed by atoms with Crippen LogP contribution in [0.3, 0.4) is 0 Å². The highest BCUT2D eigenvalue weighted by molar-refractivity contribution is 9.10. The lowest BCUT2D eigenvalue weighted by atomic mass is 10.2. The van der Waals surface area contributed by atoms with Crippen molar-refractivity contribution in [2.75, 3.05) is 12.4 Å². The van der Waals surface area contributed by atoms with Crippen LogP contribution in [0.1, 0.15) is 17.3 Å². The van der Waals surface area contributed by atoms with E-state index in [0.29, 0.717) is 12.2 Å². The summed E-state index contributed by atoms with van der Waals surface area (Å²) < 4.78 is 5.65. The van der Waals surface area contributed by atoms with Crippen LogP contribution in [0, 0.1) is 0 Å². The SMILES string of the molecule is CCOC(=O)CSc1ccc(Br)cc1C=O. The van der Waals surface area contributed by atoms with E-state index in [1.807, 2.05) is 6.07 Å². The lowest BCUT2D eigenvalue weighted by molar-refractivity contribution is -0.139. The monoisotopic (exact) mass is 302 g/mol. The van der Waals surface area contributed by atoms with Crippen LogP contribution in [-0.2, 0) is 9.53 Å². The normalized spacial score (nSPS) is 9.88. The Hall–Kier alpha value is -0.810. The Bertz CT molecular complexity index is 393. The third kappa shape index (κ3) is 3.98. The van der Waals surface area contributed by atoms with Crippen molar-refractivity contribution < 1.29 is 14.3 Å². The predicted molar refractivity (Wildman–Crippen MR) is 66.9 cm³/mol. The number of hydrogen-bond acceptors (Lipinski definition) is 4. The standard InChI is InChI=1S/C11H11BrO3S/c1-2-15-11(14)7-16-10-4-3-9(12)5-8(10)6-13/h3-6H,2,7H2,1H3. The summed E-state index contributed by atoms with van der Waals surface area (Å²) in [5.41, 5.74) is 0.573. The average Bonchev–Trinajstić information content (AvgIpc) is 2.27. The quantitative estimate of drug-likeness (QED) is 0.476. The molecule has 0 heterocycles. The van der Waals surface area contributed by atoms with Gasteiger partial charge in [0, 0.05) is 14.9 Å². The summed E-state index contributed by atoms with van der Waals surface area (Å²) >= 11 is 4.58. The lowest BCUT2D eigenvalue weighted by Gasteiger charge is -2.04. The Morgan fingerprint density at radius 3 is 2.94 bits per heavy atom. The number of benzene rings is 1. The van der Waals surface area contributed by atoms with Crippen LogP contribution < -0.4 is 0 Å². The molecule has 1 rings (SSSR count). The van der Waals surface area contributed by atoms with Crippen molar-refractivity contribution in [2.45, 2.75) is 11.8 Å². The summed E-state index contributed by atoms with van der Waals surface area (Å²) in [6.45, 7) is 2.14. The molecule has 0 bridgehead atoms. The van der Waals surface area contributed by atoms with Crippen molar-refractivity contribution in [1.29, 1.82) is 0 Å². The molecule has 86 valence electrons. The number of ether oxygens (including phenoxy) is 1. The van der Waals surface area contributed by atoms with Crippen molar-refractivity contribution in [3.8, 4) is 0 Å². The van der Waals surface area contributed by atoms with Gasteiger partial charge in [-0.1, -0.05) is 15.9 Å². The Morgan fingerprint density at radius 1 is 1.56 bits per heavy atom. The van der Waals surface area contributed by atoms with Gasteiger partial charge in [-0.3, -0.25) is 9.59 Å². The molecule has 0 aromatic heterocycles. The third-order valence-electron chi connectivity index (χ3n) is 1.75. The smallest absolute Gasteiger partial charge is 0.316 e. The first-order chi connectivity index (χ1) is 7.67. The van der Waals surface area contributed by atoms with Crippen LogP contribution in [0.15, 0.2) is 27.6 Å². The van der Waals surface area contributed by atoms with Gasteiger partial charge in [-0.05, 0) is 25.1 Å². The van der Waals surface area contributed by atoms with Crippen LogP contribution in [-0.4, -0.2) is 24.6 Å². The minimum absolute atomic E-state index is 0.219. The molecule has 0 saturated carbocycles. The molecule has 1 aromatic rings. The van der Waals surface area contributed by atoms with Crippen LogP contribution in [0.4, 0.5) is 0 Å². The summed E-state index contributed by atoms with van der Waals surface area (Å²) in [6.07, 6.45) is 0.776. The van der Waals surface area contributed by atoms with E-state index < -0.39 is 0 Å². The van der Waals surface area contributed by atoms with Crippen molar-refractivity contribution in [3.63, 3.8) is 0 Å². The number of aldehydes is 1. The van der Waals surface area contributed by atoms with Crippen molar-refractivity contribution >= 4 is 39.9 Å². The van der Waals surface area contributed by atoms with E-state index in [1.54, 1.807) is 19.1 Å². The maximum absolute atomic E-state index is 11.1. The number of esters is 1. The highest BCUT2D eigenvalue weighted by Crippen LogP contribution is 2.24. The summed E-state index contributed by atoms with van der Waals surface area (Å²) in [5.74, 6) is -0.0525. The van der Waals surface area contributed by atoms with Gasteiger partial charge in [0.05, 0.1) is 12.4 Å². The fraction of sp³-hybridized carbons (Fsp3) is 0.273. The van der Waals surface area contributed by atoms with Gasteiger partial charge in [0.25, 0.3) is 0 Å². The number of rotatable bonds is 5. The van der Waals surface area contributed by atoms with E-state index in [2.05, 4.69) is 15.9 Å². The molecule has 0 aliphatic rings. The van der Waals surface area contributed by atoms with E-state index in [-0.39, 0.29) is 11.7 Å². The largest absolute Gasteiger partial charge is 0.465 e. The second-order valence-electron chi connectivity index (χ2n) is 2.89. The molecular formula is C11H11BrO3S. The highest BCUT2D eigenvalue weighted by Gasteiger charge is 2.07. The first kappa shape index (κ1) is 13.3. The maximum Gasteiger partial charge on any atom is 0.316 e. The zero-order valence-corrected chi connectivity index (χ0v) is 11.1. The Morgan fingerprint density at radius 2 is 2.31 bits per heavy atom. The van der Waals surface area contributed by atoms with Crippen LogP contribution in [0.2, 0.25) is 0 Å². The van der Waals surface area contributed by atoms with Gasteiger partial charge in [-0.15, -0.1) is 11.8 Å². The molecule has 1 aromatic carbocycles. The van der Waals surface area contributed by atoms with Crippen LogP contribution in [0.5, 0.6) is 0 Å². The molecule has 3 nitrogen and oxygen atoms in total. The molecule has 0 fully saturated rings. The van der Waals surface area contributed by atoms with E-state index in [1.165, 1.54) is 11.8 Å². The molecule has 16 heavy (non-hydrogen) atoms. The van der Waals surface area contributed by atoms with Gasteiger partial charge in [-0.2, -0.15) is 0 Å². The van der Waals surface area contributed by atoms with Crippen LogP contribution >= 0.6 is 27.7 Å². The molecule has 0 atom stereocenters. The second kappa shape index (κ2) is 6.70. The Kier molecular flexibility index (Phi) is 5.55.